The van der Waals surface area contributed by atoms with Crippen LogP contribution in [0.4, 0.5) is 45.5 Å². The minimum Gasteiger partial charge on any atom is -0.334 e. The Morgan fingerprint density at radius 1 is 0.358 bits per heavy atom. The molecule has 406 valence electrons. The average molecular weight is 1060 g/mol. The highest BCUT2D eigenvalue weighted by Crippen LogP contribution is 2.64. The van der Waals surface area contributed by atoms with E-state index in [4.69, 9.17) is 0 Å². The maximum atomic E-state index is 2.82. The summed E-state index contributed by atoms with van der Waals surface area (Å²) in [5, 5.41) is 0. The van der Waals surface area contributed by atoms with E-state index in [0.29, 0.717) is 0 Å². The maximum absolute atomic E-state index is 2.82. The molecule has 2 atom stereocenters. The molecule has 0 N–H and O–H groups in total. The van der Waals surface area contributed by atoms with Crippen LogP contribution in [0.2, 0.25) is 0 Å². The van der Waals surface area contributed by atoms with E-state index in [2.05, 4.69) is 306 Å². The SMILES string of the molecule is CC(C)(C)c1ccc(N2c3ccc(-c4ccccc4)cc3B3c4ccc(C(C)(C)C)cc4N(c4ccc(C(C)(C)C)cc4-c4ccccc4)c4cc(N5c6ccc(C(C)(C)C)cc6C6(C)CCCC56C)cc2c43)c(-c2ccccc2)c1. The van der Waals surface area contributed by atoms with Gasteiger partial charge in [-0.05, 0) is 162 Å². The van der Waals surface area contributed by atoms with Gasteiger partial charge in [-0.3, -0.25) is 0 Å². The molecule has 1 fully saturated rings. The van der Waals surface area contributed by atoms with Gasteiger partial charge in [-0.2, -0.15) is 0 Å². The Morgan fingerprint density at radius 2 is 0.802 bits per heavy atom. The topological polar surface area (TPSA) is 9.72 Å². The molecule has 9 aromatic rings. The van der Waals surface area contributed by atoms with Crippen molar-refractivity contribution in [3.05, 3.63) is 222 Å². The molecule has 1 saturated carbocycles. The second-order valence-electron chi connectivity index (χ2n) is 28.6. The van der Waals surface area contributed by atoms with Crippen molar-refractivity contribution in [2.45, 2.75) is 149 Å². The lowest BCUT2D eigenvalue weighted by molar-refractivity contribution is 0.330. The molecule has 4 heteroatoms. The van der Waals surface area contributed by atoms with Crippen molar-refractivity contribution in [3.63, 3.8) is 0 Å². The molecule has 0 bridgehead atoms. The Hall–Kier alpha value is -7.56. The van der Waals surface area contributed by atoms with E-state index in [1.54, 1.807) is 0 Å². The lowest BCUT2D eigenvalue weighted by Crippen LogP contribution is -2.61. The maximum Gasteiger partial charge on any atom is 0.252 e. The van der Waals surface area contributed by atoms with Crippen LogP contribution in [-0.2, 0) is 27.1 Å². The van der Waals surface area contributed by atoms with Gasteiger partial charge in [0.25, 0.3) is 6.71 Å². The van der Waals surface area contributed by atoms with Gasteiger partial charge in [0.05, 0.1) is 16.9 Å². The molecule has 13 rings (SSSR count). The standard InChI is InChI=1S/C77H80BN3/c1-72(2,3)54-33-38-64(59(44-54)51-27-20-16-21-28-51)79-67-37-31-53(50-25-18-15-19-26-50)43-63(67)78-62-36-32-57(75(10,11)12)47-68(62)80(65-39-34-55(73(4,5)6)45-60(65)52-29-22-17-23-30-52)70-49-58(48-69(79)71(70)78)81-66-40-35-56(74(7,8)9)46-61(66)76(13)41-24-42-77(76,81)14/h15-23,25-40,43-49H,24,41-42H2,1-14H3. The van der Waals surface area contributed by atoms with Crippen LogP contribution in [0.15, 0.2) is 194 Å². The quantitative estimate of drug-likeness (QED) is 0.154. The smallest absolute Gasteiger partial charge is 0.252 e. The van der Waals surface area contributed by atoms with Crippen molar-refractivity contribution in [2.75, 3.05) is 14.7 Å². The Kier molecular flexibility index (Phi) is 12.0. The summed E-state index contributed by atoms with van der Waals surface area (Å²) >= 11 is 0. The average Bonchev–Trinajstić information content (AvgIpc) is 3.32. The molecular weight excluding hydrogens is 978 g/mol. The summed E-state index contributed by atoms with van der Waals surface area (Å²) in [6.07, 6.45) is 3.44. The van der Waals surface area contributed by atoms with Gasteiger partial charge in [0, 0.05) is 50.7 Å². The molecule has 0 saturated heterocycles. The first-order valence-electron chi connectivity index (χ1n) is 29.9. The van der Waals surface area contributed by atoms with Crippen molar-refractivity contribution in [2.24, 2.45) is 0 Å². The van der Waals surface area contributed by atoms with Crippen molar-refractivity contribution in [3.8, 4) is 33.4 Å². The first-order chi connectivity index (χ1) is 38.4. The van der Waals surface area contributed by atoms with Gasteiger partial charge >= 0.3 is 0 Å². The van der Waals surface area contributed by atoms with Crippen molar-refractivity contribution < 1.29 is 0 Å². The third-order valence-corrected chi connectivity index (χ3v) is 19.4. The van der Waals surface area contributed by atoms with Gasteiger partial charge in [-0.15, -0.1) is 0 Å². The molecule has 81 heavy (non-hydrogen) atoms. The number of nitrogens with zero attached hydrogens (tertiary/aromatic N) is 3. The first-order valence-corrected chi connectivity index (χ1v) is 29.9. The second kappa shape index (κ2) is 18.5. The van der Waals surface area contributed by atoms with Crippen LogP contribution in [0, 0.1) is 0 Å². The number of rotatable bonds is 6. The number of anilines is 8. The van der Waals surface area contributed by atoms with E-state index < -0.39 is 0 Å². The van der Waals surface area contributed by atoms with Crippen molar-refractivity contribution in [1.82, 2.24) is 0 Å². The van der Waals surface area contributed by atoms with Crippen molar-refractivity contribution in [1.29, 1.82) is 0 Å². The first kappa shape index (κ1) is 52.8. The molecule has 0 radical (unpaired) electrons. The van der Waals surface area contributed by atoms with Gasteiger partial charge in [0.1, 0.15) is 0 Å². The summed E-state index contributed by atoms with van der Waals surface area (Å²) in [7, 11) is 0. The summed E-state index contributed by atoms with van der Waals surface area (Å²) in [5.41, 5.74) is 27.5. The zero-order valence-corrected chi connectivity index (χ0v) is 50.5. The molecule has 2 unspecified atom stereocenters. The molecule has 1 aliphatic carbocycles. The third kappa shape index (κ3) is 8.44. The number of hydrogen-bond acceptors (Lipinski definition) is 3. The van der Waals surface area contributed by atoms with Crippen LogP contribution in [-0.4, -0.2) is 12.3 Å². The van der Waals surface area contributed by atoms with E-state index in [-0.39, 0.29) is 39.3 Å². The molecule has 4 aliphatic rings. The molecule has 9 aromatic carbocycles. The zero-order chi connectivity index (χ0) is 56.8. The van der Waals surface area contributed by atoms with E-state index in [1.165, 1.54) is 130 Å². The van der Waals surface area contributed by atoms with Gasteiger partial charge in [0.15, 0.2) is 0 Å². The fourth-order valence-electron chi connectivity index (χ4n) is 14.4. The van der Waals surface area contributed by atoms with Crippen LogP contribution in [0.3, 0.4) is 0 Å². The number of fused-ring (bicyclic) bond motifs is 7. The van der Waals surface area contributed by atoms with Gasteiger partial charge < -0.3 is 14.7 Å². The predicted molar refractivity (Wildman–Crippen MR) is 350 cm³/mol. The Morgan fingerprint density at radius 3 is 1.32 bits per heavy atom. The Bertz CT molecular complexity index is 3940. The molecule has 3 heterocycles. The summed E-state index contributed by atoms with van der Waals surface area (Å²) in [6.45, 7) is 33.3. The van der Waals surface area contributed by atoms with Crippen LogP contribution >= 0.6 is 0 Å². The van der Waals surface area contributed by atoms with Crippen LogP contribution in [0.1, 0.15) is 144 Å². The molecule has 0 aromatic heterocycles. The Labute approximate surface area is 484 Å². The van der Waals surface area contributed by atoms with Crippen molar-refractivity contribution >= 4 is 68.6 Å². The number of hydrogen-bond donors (Lipinski definition) is 0. The highest BCUT2D eigenvalue weighted by Gasteiger charge is 2.60. The summed E-state index contributed by atoms with van der Waals surface area (Å²) in [6, 6.07) is 75.6. The Balaban J connectivity index is 1.20. The zero-order valence-electron chi connectivity index (χ0n) is 50.5. The molecule has 0 spiro atoms. The number of benzene rings is 9. The van der Waals surface area contributed by atoms with Crippen LogP contribution in [0.25, 0.3) is 33.4 Å². The van der Waals surface area contributed by atoms with Gasteiger partial charge in [-0.1, -0.05) is 236 Å². The summed E-state index contributed by atoms with van der Waals surface area (Å²) in [4.78, 5) is 8.21. The second-order valence-corrected chi connectivity index (χ2v) is 28.6. The predicted octanol–water partition coefficient (Wildman–Crippen LogP) is 19.3. The highest BCUT2D eigenvalue weighted by atomic mass is 15.3. The summed E-state index contributed by atoms with van der Waals surface area (Å²) < 4.78 is 0. The lowest BCUT2D eigenvalue weighted by Gasteiger charge is -2.47. The third-order valence-electron chi connectivity index (χ3n) is 19.4. The van der Waals surface area contributed by atoms with Crippen LogP contribution in [0.5, 0.6) is 0 Å². The fraction of sp³-hybridized carbons (Fsp3) is 0.299. The van der Waals surface area contributed by atoms with E-state index in [1.807, 2.05) is 0 Å². The van der Waals surface area contributed by atoms with Crippen LogP contribution < -0.4 is 31.1 Å². The van der Waals surface area contributed by atoms with Gasteiger partial charge in [0.2, 0.25) is 0 Å². The molecule has 0 amide bonds. The minimum absolute atomic E-state index is 0.0187. The highest BCUT2D eigenvalue weighted by molar-refractivity contribution is 7.00. The molecular formula is C77H80BN3. The fourth-order valence-corrected chi connectivity index (χ4v) is 14.4. The van der Waals surface area contributed by atoms with Gasteiger partial charge in [-0.25, -0.2) is 0 Å². The molecule has 3 aliphatic heterocycles. The normalized spacial score (nSPS) is 18.3. The van der Waals surface area contributed by atoms with E-state index in [9.17, 15) is 0 Å². The monoisotopic (exact) mass is 1060 g/mol. The van der Waals surface area contributed by atoms with E-state index >= 15 is 0 Å². The lowest BCUT2D eigenvalue weighted by atomic mass is 9.33. The summed E-state index contributed by atoms with van der Waals surface area (Å²) in [5.74, 6) is 0. The van der Waals surface area contributed by atoms with E-state index in [0.717, 1.165) is 12.8 Å². The molecule has 3 nitrogen and oxygen atoms in total. The largest absolute Gasteiger partial charge is 0.334 e. The minimum atomic E-state index is -0.182.